The summed E-state index contributed by atoms with van der Waals surface area (Å²) in [5, 5.41) is 0.525. The van der Waals surface area contributed by atoms with Crippen molar-refractivity contribution < 1.29 is 28.2 Å². The summed E-state index contributed by atoms with van der Waals surface area (Å²) in [4.78, 5) is 40.3. The maximum Gasteiger partial charge on any atom is 0.339 e. The first-order valence-corrected chi connectivity index (χ1v) is 14.3. The molecule has 0 amide bonds. The number of esters is 1. The first-order valence-electron chi connectivity index (χ1n) is 14.3. The van der Waals surface area contributed by atoms with Gasteiger partial charge in [0.25, 0.3) is 0 Å². The Kier molecular flexibility index (Phi) is 10.4. The lowest BCUT2D eigenvalue weighted by Gasteiger charge is -2.26. The highest BCUT2D eigenvalue weighted by Crippen LogP contribution is 2.37. The van der Waals surface area contributed by atoms with E-state index in [0.717, 1.165) is 58.5 Å². The first-order chi connectivity index (χ1) is 18.4. The lowest BCUT2D eigenvalue weighted by atomic mass is 9.89. The summed E-state index contributed by atoms with van der Waals surface area (Å²) in [6.07, 6.45) is 8.14. The van der Waals surface area contributed by atoms with Gasteiger partial charge in [-0.15, -0.1) is 0 Å². The molecule has 1 aliphatic heterocycles. The third-order valence-corrected chi connectivity index (χ3v) is 7.42. The summed E-state index contributed by atoms with van der Waals surface area (Å²) in [7, 11) is 0. The highest BCUT2D eigenvalue weighted by molar-refractivity contribution is 5.96. The van der Waals surface area contributed by atoms with E-state index in [0.29, 0.717) is 47.3 Å². The van der Waals surface area contributed by atoms with Gasteiger partial charge in [-0.2, -0.15) is 0 Å². The molecule has 8 nitrogen and oxygen atoms in total. The van der Waals surface area contributed by atoms with E-state index in [1.165, 1.54) is 12.8 Å². The van der Waals surface area contributed by atoms with E-state index in [2.05, 4.69) is 11.8 Å². The molecule has 0 bridgehead atoms. The molecular formula is C30H41NO7. The van der Waals surface area contributed by atoms with Crippen LogP contribution in [0.5, 0.6) is 11.5 Å². The number of unbranched alkanes of at least 4 members (excludes halogenated alkanes) is 4. The molecular weight excluding hydrogens is 486 g/mol. The summed E-state index contributed by atoms with van der Waals surface area (Å²) in [6.45, 7) is 8.49. The smallest absolute Gasteiger partial charge is 0.339 e. The minimum atomic E-state index is -0.440. The second-order valence-corrected chi connectivity index (χ2v) is 10.5. The summed E-state index contributed by atoms with van der Waals surface area (Å²) in [5.41, 5.74) is 0.957. The fourth-order valence-electron chi connectivity index (χ4n) is 5.28. The van der Waals surface area contributed by atoms with Gasteiger partial charge >= 0.3 is 11.6 Å². The fraction of sp³-hybridized carbons (Fsp3) is 0.633. The molecule has 1 aromatic carbocycles. The van der Waals surface area contributed by atoms with Crippen molar-refractivity contribution in [3.8, 4) is 11.5 Å². The molecule has 1 aliphatic carbocycles. The second kappa shape index (κ2) is 13.9. The lowest BCUT2D eigenvalue weighted by Crippen LogP contribution is -2.36. The van der Waals surface area contributed by atoms with Crippen molar-refractivity contribution in [2.75, 3.05) is 32.8 Å². The molecule has 0 spiro atoms. The van der Waals surface area contributed by atoms with Gasteiger partial charge in [0, 0.05) is 50.0 Å². The summed E-state index contributed by atoms with van der Waals surface area (Å²) < 4.78 is 23.1. The van der Waals surface area contributed by atoms with Gasteiger partial charge in [0.2, 0.25) is 0 Å². The van der Waals surface area contributed by atoms with Crippen LogP contribution >= 0.6 is 0 Å². The van der Waals surface area contributed by atoms with Crippen molar-refractivity contribution in [1.29, 1.82) is 0 Å². The number of rotatable bonds is 13. The molecule has 1 aromatic heterocycles. The molecule has 0 N–H and O–H groups in total. The molecule has 1 unspecified atom stereocenters. The normalized spacial score (nSPS) is 16.8. The van der Waals surface area contributed by atoms with Crippen LogP contribution < -0.4 is 15.1 Å². The standard InChI is InChI=1S/C30H41NO7/c1-3-4-5-6-9-21(2)36-23-19-26(37-28(33)10-7-8-13-31-14-16-35-17-15-31)29-25-18-22(32)11-12-24(25)30(34)38-27(29)20-23/h19-21H,3-18H2,1-2H3. The minimum absolute atomic E-state index is 0.0426. The molecule has 1 saturated heterocycles. The Labute approximate surface area is 224 Å². The largest absolute Gasteiger partial charge is 0.490 e. The van der Waals surface area contributed by atoms with Crippen molar-refractivity contribution in [2.45, 2.75) is 90.6 Å². The van der Waals surface area contributed by atoms with Crippen LogP contribution in [0.2, 0.25) is 0 Å². The van der Waals surface area contributed by atoms with Crippen molar-refractivity contribution in [1.82, 2.24) is 4.90 Å². The molecule has 8 heteroatoms. The third-order valence-electron chi connectivity index (χ3n) is 7.42. The lowest BCUT2D eigenvalue weighted by molar-refractivity contribution is -0.134. The first kappa shape index (κ1) is 28.3. The Morgan fingerprint density at radius 2 is 1.84 bits per heavy atom. The summed E-state index contributed by atoms with van der Waals surface area (Å²) >= 11 is 0. The summed E-state index contributed by atoms with van der Waals surface area (Å²) in [6, 6.07) is 3.38. The monoisotopic (exact) mass is 527 g/mol. The SMILES string of the molecule is CCCCCCC(C)Oc1cc(OC(=O)CCCCN2CCOCC2)c2c3c(c(=O)oc2c1)CCC(=O)C3. The van der Waals surface area contributed by atoms with Crippen molar-refractivity contribution in [2.24, 2.45) is 0 Å². The van der Waals surface area contributed by atoms with Crippen LogP contribution in [-0.2, 0) is 27.2 Å². The zero-order chi connectivity index (χ0) is 26.9. The maximum atomic E-state index is 12.9. The molecule has 2 aliphatic rings. The van der Waals surface area contributed by atoms with Crippen LogP contribution in [0.3, 0.4) is 0 Å². The van der Waals surface area contributed by atoms with Gasteiger partial charge in [0.05, 0.1) is 24.7 Å². The molecule has 4 rings (SSSR count). The fourth-order valence-corrected chi connectivity index (χ4v) is 5.28. The van der Waals surface area contributed by atoms with E-state index in [9.17, 15) is 14.4 Å². The average Bonchev–Trinajstić information content (AvgIpc) is 2.89. The van der Waals surface area contributed by atoms with Crippen LogP contribution in [0.4, 0.5) is 0 Å². The van der Waals surface area contributed by atoms with Crippen molar-refractivity contribution in [3.05, 3.63) is 33.7 Å². The van der Waals surface area contributed by atoms with Crippen molar-refractivity contribution >= 4 is 22.7 Å². The van der Waals surface area contributed by atoms with E-state index < -0.39 is 5.63 Å². The Morgan fingerprint density at radius 3 is 2.63 bits per heavy atom. The molecule has 2 aromatic rings. The second-order valence-electron chi connectivity index (χ2n) is 10.5. The number of hydrogen-bond acceptors (Lipinski definition) is 8. The molecule has 1 fully saturated rings. The third kappa shape index (κ3) is 7.67. The van der Waals surface area contributed by atoms with Crippen molar-refractivity contribution in [3.63, 3.8) is 0 Å². The Morgan fingerprint density at radius 1 is 1.03 bits per heavy atom. The van der Waals surface area contributed by atoms with E-state index in [1.807, 2.05) is 6.92 Å². The van der Waals surface area contributed by atoms with Gasteiger partial charge in [-0.05, 0) is 51.1 Å². The molecule has 0 radical (unpaired) electrons. The molecule has 208 valence electrons. The van der Waals surface area contributed by atoms with Gasteiger partial charge in [-0.25, -0.2) is 4.79 Å². The van der Waals surface area contributed by atoms with Crippen LogP contribution in [0, 0.1) is 0 Å². The number of carbonyl (C=O) groups is 2. The number of morpholine rings is 1. The zero-order valence-corrected chi connectivity index (χ0v) is 22.9. The van der Waals surface area contributed by atoms with Crippen LogP contribution in [0.1, 0.15) is 82.8 Å². The zero-order valence-electron chi connectivity index (χ0n) is 22.9. The topological polar surface area (TPSA) is 95.3 Å². The molecule has 0 saturated carbocycles. The number of Topliss-reactive ketones (excluding diaryl/α,β-unsaturated/α-hetero) is 1. The van der Waals surface area contributed by atoms with E-state index >= 15 is 0 Å². The number of nitrogens with zero attached hydrogens (tertiary/aromatic N) is 1. The van der Waals surface area contributed by atoms with E-state index in [1.54, 1.807) is 12.1 Å². The van der Waals surface area contributed by atoms with Crippen LogP contribution in [0.15, 0.2) is 21.3 Å². The molecule has 1 atom stereocenters. The van der Waals surface area contributed by atoms with Crippen LogP contribution in [-0.4, -0.2) is 55.6 Å². The number of carbonyl (C=O) groups excluding carboxylic acids is 2. The van der Waals surface area contributed by atoms with E-state index in [4.69, 9.17) is 18.6 Å². The highest BCUT2D eigenvalue weighted by Gasteiger charge is 2.26. The van der Waals surface area contributed by atoms with Gasteiger partial charge in [-0.3, -0.25) is 14.5 Å². The Balaban J connectivity index is 1.51. The minimum Gasteiger partial charge on any atom is -0.490 e. The predicted molar refractivity (Wildman–Crippen MR) is 145 cm³/mol. The van der Waals surface area contributed by atoms with Gasteiger partial charge in [0.1, 0.15) is 22.9 Å². The van der Waals surface area contributed by atoms with Gasteiger partial charge in [-0.1, -0.05) is 26.2 Å². The number of ether oxygens (including phenoxy) is 3. The Hall–Kier alpha value is -2.71. The van der Waals surface area contributed by atoms with Crippen LogP contribution in [0.25, 0.3) is 11.0 Å². The number of hydrogen-bond donors (Lipinski definition) is 0. The number of ketones is 1. The predicted octanol–water partition coefficient (Wildman–Crippen LogP) is 5.00. The number of fused-ring (bicyclic) bond motifs is 3. The van der Waals surface area contributed by atoms with E-state index in [-0.39, 0.29) is 36.3 Å². The average molecular weight is 528 g/mol. The quantitative estimate of drug-likeness (QED) is 0.156. The summed E-state index contributed by atoms with van der Waals surface area (Å²) in [5.74, 6) is 0.496. The Bertz CT molecular complexity index is 1170. The van der Waals surface area contributed by atoms with Gasteiger partial charge in [0.15, 0.2) is 0 Å². The number of benzene rings is 1. The molecule has 38 heavy (non-hydrogen) atoms. The maximum absolute atomic E-state index is 12.9. The molecule has 2 heterocycles. The highest BCUT2D eigenvalue weighted by atomic mass is 16.5. The van der Waals surface area contributed by atoms with Gasteiger partial charge < -0.3 is 18.6 Å².